The Morgan fingerprint density at radius 2 is 1.41 bits per heavy atom. The maximum atomic E-state index is 14.8. The number of rotatable bonds is 7. The van der Waals surface area contributed by atoms with Gasteiger partial charge in [0.15, 0.2) is 0 Å². The highest BCUT2D eigenvalue weighted by atomic mass is 19.4. The van der Waals surface area contributed by atoms with Crippen LogP contribution in [-0.2, 0) is 6.11 Å². The highest BCUT2D eigenvalue weighted by molar-refractivity contribution is 5.68. The zero-order chi connectivity index (χ0) is 28.4. The zero-order valence-corrected chi connectivity index (χ0v) is 21.0. The lowest BCUT2D eigenvalue weighted by Gasteiger charge is -2.28. The Labute approximate surface area is 221 Å². The van der Waals surface area contributed by atoms with Gasteiger partial charge >= 0.3 is 12.3 Å². The van der Waals surface area contributed by atoms with Crippen LogP contribution in [-0.4, -0.2) is 6.18 Å². The predicted molar refractivity (Wildman–Crippen MR) is 133 cm³/mol. The van der Waals surface area contributed by atoms with E-state index in [2.05, 4.69) is 6.92 Å². The summed E-state index contributed by atoms with van der Waals surface area (Å²) in [5.41, 5.74) is -1.05. The lowest BCUT2D eigenvalue weighted by Crippen LogP contribution is -2.22. The number of ether oxygens (including phenoxy) is 1. The lowest BCUT2D eigenvalue weighted by atomic mass is 9.78. The second-order valence-corrected chi connectivity index (χ2v) is 9.74. The molecule has 0 saturated heterocycles. The van der Waals surface area contributed by atoms with E-state index in [4.69, 9.17) is 4.74 Å². The van der Waals surface area contributed by atoms with Crippen LogP contribution >= 0.6 is 0 Å². The molecule has 0 spiro atoms. The first-order valence-corrected chi connectivity index (χ1v) is 12.6. The lowest BCUT2D eigenvalue weighted by molar-refractivity contribution is -0.185. The third-order valence-electron chi connectivity index (χ3n) is 7.16. The molecule has 0 heterocycles. The van der Waals surface area contributed by atoms with E-state index in [-0.39, 0.29) is 23.3 Å². The molecule has 1 saturated carbocycles. The van der Waals surface area contributed by atoms with Crippen LogP contribution in [0.2, 0.25) is 0 Å². The van der Waals surface area contributed by atoms with Crippen LogP contribution in [0.5, 0.6) is 5.75 Å². The van der Waals surface area contributed by atoms with E-state index >= 15 is 0 Å². The minimum atomic E-state index is -4.78. The van der Waals surface area contributed by atoms with Crippen molar-refractivity contribution in [2.75, 3.05) is 0 Å². The van der Waals surface area contributed by atoms with Crippen molar-refractivity contribution in [1.29, 1.82) is 0 Å². The van der Waals surface area contributed by atoms with Crippen LogP contribution in [0.3, 0.4) is 0 Å². The van der Waals surface area contributed by atoms with Gasteiger partial charge in [-0.1, -0.05) is 25.5 Å². The molecule has 0 aromatic heterocycles. The summed E-state index contributed by atoms with van der Waals surface area (Å²) in [5.74, 6) is -3.30. The van der Waals surface area contributed by atoms with Crippen molar-refractivity contribution in [3.63, 3.8) is 0 Å². The molecule has 0 N–H and O–H groups in total. The summed E-state index contributed by atoms with van der Waals surface area (Å²) >= 11 is 0. The van der Waals surface area contributed by atoms with Crippen LogP contribution in [0.1, 0.15) is 61.6 Å². The van der Waals surface area contributed by atoms with Crippen molar-refractivity contribution in [2.24, 2.45) is 5.92 Å². The molecule has 1 fully saturated rings. The Bertz CT molecular complexity index is 1300. The number of benzene rings is 3. The number of alkyl halides is 5. The van der Waals surface area contributed by atoms with Crippen LogP contribution in [0.4, 0.5) is 35.1 Å². The van der Waals surface area contributed by atoms with Gasteiger partial charge in [0.2, 0.25) is 0 Å². The van der Waals surface area contributed by atoms with Crippen molar-refractivity contribution < 1.29 is 39.9 Å². The van der Waals surface area contributed by atoms with Crippen LogP contribution in [0.15, 0.2) is 60.7 Å². The van der Waals surface area contributed by atoms with E-state index in [1.165, 1.54) is 12.1 Å². The Kier molecular flexibility index (Phi) is 8.37. The van der Waals surface area contributed by atoms with Gasteiger partial charge in [-0.2, -0.15) is 22.0 Å². The van der Waals surface area contributed by atoms with E-state index in [9.17, 15) is 35.1 Å². The summed E-state index contributed by atoms with van der Waals surface area (Å²) < 4.78 is 115. The molecule has 3 aromatic rings. The summed E-state index contributed by atoms with van der Waals surface area (Å²) in [6, 6.07) is 9.85. The van der Waals surface area contributed by atoms with Crippen LogP contribution in [0, 0.1) is 23.4 Å². The van der Waals surface area contributed by atoms with Crippen molar-refractivity contribution in [2.45, 2.75) is 57.2 Å². The van der Waals surface area contributed by atoms with Gasteiger partial charge in [0, 0.05) is 23.3 Å². The first kappa shape index (κ1) is 28.6. The van der Waals surface area contributed by atoms with Crippen LogP contribution in [0.25, 0.3) is 17.2 Å². The van der Waals surface area contributed by atoms with Gasteiger partial charge in [0.25, 0.3) is 0 Å². The summed E-state index contributed by atoms with van der Waals surface area (Å²) in [7, 11) is 0. The van der Waals surface area contributed by atoms with Gasteiger partial charge in [-0.05, 0) is 91.1 Å². The highest BCUT2D eigenvalue weighted by Crippen LogP contribution is 2.39. The normalized spacial score (nSPS) is 18.5. The third kappa shape index (κ3) is 6.99. The fourth-order valence-electron chi connectivity index (χ4n) is 4.93. The molecule has 9 heteroatoms. The Morgan fingerprint density at radius 1 is 0.795 bits per heavy atom. The van der Waals surface area contributed by atoms with Gasteiger partial charge in [-0.15, -0.1) is 0 Å². The molecule has 0 atom stereocenters. The van der Waals surface area contributed by atoms with E-state index in [0.717, 1.165) is 49.8 Å². The molecule has 3 aromatic carbocycles. The molecule has 0 bridgehead atoms. The maximum Gasteiger partial charge on any atom is 0.426 e. The average molecular weight is 555 g/mol. The SMILES string of the molecule is CCC1CCC(c2ccc(C(F)(F)Oc3ccc(-c4cc(F)c(C=CC(F)(F)F)c(F)c4)c(F)c3)cc2)CC1. The van der Waals surface area contributed by atoms with Crippen LogP contribution < -0.4 is 4.74 Å². The summed E-state index contributed by atoms with van der Waals surface area (Å²) in [5, 5.41) is 0. The summed E-state index contributed by atoms with van der Waals surface area (Å²) in [6.07, 6.45) is -3.27. The maximum absolute atomic E-state index is 14.8. The predicted octanol–water partition coefficient (Wildman–Crippen LogP) is 10.2. The fourth-order valence-corrected chi connectivity index (χ4v) is 4.93. The Morgan fingerprint density at radius 3 is 1.95 bits per heavy atom. The summed E-state index contributed by atoms with van der Waals surface area (Å²) in [6.45, 7) is 2.17. The monoisotopic (exact) mass is 554 g/mol. The molecule has 208 valence electrons. The first-order valence-electron chi connectivity index (χ1n) is 12.6. The van der Waals surface area contributed by atoms with Gasteiger partial charge in [0.05, 0.1) is 5.56 Å². The molecule has 1 nitrogen and oxygen atoms in total. The molecular weight excluding hydrogens is 528 g/mol. The molecule has 0 amide bonds. The third-order valence-corrected chi connectivity index (χ3v) is 7.16. The molecule has 39 heavy (non-hydrogen) atoms. The molecule has 1 aliphatic carbocycles. The number of allylic oxidation sites excluding steroid dienone is 1. The van der Waals surface area contributed by atoms with Crippen molar-refractivity contribution in [1.82, 2.24) is 0 Å². The summed E-state index contributed by atoms with van der Waals surface area (Å²) in [4.78, 5) is 0. The Hall–Kier alpha value is -3.36. The smallest absolute Gasteiger partial charge is 0.426 e. The second-order valence-electron chi connectivity index (χ2n) is 9.74. The van der Waals surface area contributed by atoms with E-state index in [1.807, 2.05) is 0 Å². The standard InChI is InChI=1S/C30H26F8O/c1-2-18-3-5-19(6-4-18)20-7-9-22(10-8-20)30(37,38)39-23-11-12-24(28(33)17-23)21-15-26(31)25(27(32)16-21)13-14-29(34,35)36/h7-19H,2-6H2,1H3. The molecule has 0 unspecified atom stereocenters. The van der Waals surface area contributed by atoms with Gasteiger partial charge in [0.1, 0.15) is 23.2 Å². The first-order chi connectivity index (χ1) is 18.4. The fraction of sp³-hybridized carbons (Fsp3) is 0.333. The number of hydrogen-bond donors (Lipinski definition) is 0. The van der Waals surface area contributed by atoms with Crippen molar-refractivity contribution in [3.8, 4) is 16.9 Å². The highest BCUT2D eigenvalue weighted by Gasteiger charge is 2.35. The van der Waals surface area contributed by atoms with E-state index < -0.39 is 46.6 Å². The Balaban J connectivity index is 1.48. The van der Waals surface area contributed by atoms with Gasteiger partial charge in [-0.3, -0.25) is 0 Å². The van der Waals surface area contributed by atoms with Gasteiger partial charge < -0.3 is 4.74 Å². The average Bonchev–Trinajstić information content (AvgIpc) is 2.87. The van der Waals surface area contributed by atoms with E-state index in [1.54, 1.807) is 12.1 Å². The van der Waals surface area contributed by atoms with Crippen molar-refractivity contribution >= 4 is 6.08 Å². The molecule has 0 radical (unpaired) electrons. The second kappa shape index (κ2) is 11.4. The largest absolute Gasteiger partial charge is 0.429 e. The molecule has 1 aliphatic rings. The minimum Gasteiger partial charge on any atom is -0.429 e. The number of hydrogen-bond acceptors (Lipinski definition) is 1. The van der Waals surface area contributed by atoms with Crippen molar-refractivity contribution in [3.05, 3.63) is 94.8 Å². The number of halogens is 8. The molecule has 0 aliphatic heterocycles. The molecule has 4 rings (SSSR count). The quantitative estimate of drug-likeness (QED) is 0.264. The molecular formula is C30H26F8O. The zero-order valence-electron chi connectivity index (χ0n) is 21.0. The minimum absolute atomic E-state index is 0.229. The van der Waals surface area contributed by atoms with Gasteiger partial charge in [-0.25, -0.2) is 13.2 Å². The van der Waals surface area contributed by atoms with E-state index in [0.29, 0.717) is 30.0 Å². The topological polar surface area (TPSA) is 9.23 Å².